The van der Waals surface area contributed by atoms with Gasteiger partial charge in [-0.05, 0) is 79.3 Å². The molecule has 2 aromatic rings. The number of aryl methyl sites for hydroxylation is 1. The highest BCUT2D eigenvalue weighted by Gasteiger charge is 2.17. The maximum Gasteiger partial charge on any atom is 0.0270 e. The van der Waals surface area contributed by atoms with Gasteiger partial charge < -0.3 is 5.32 Å². The summed E-state index contributed by atoms with van der Waals surface area (Å²) >= 11 is 0. The van der Waals surface area contributed by atoms with Crippen molar-refractivity contribution in [1.82, 2.24) is 10.2 Å². The molecular weight excluding hydrogens is 400 g/mol. The third-order valence-corrected chi connectivity index (χ3v) is 6.84. The van der Waals surface area contributed by atoms with Crippen molar-refractivity contribution in [2.24, 2.45) is 0 Å². The molecule has 172 valence electrons. The van der Waals surface area contributed by atoms with Gasteiger partial charge in [0.2, 0.25) is 0 Å². The van der Waals surface area contributed by atoms with Crippen LogP contribution in [0.1, 0.15) is 55.2 Å². The molecule has 33 heavy (non-hydrogen) atoms. The van der Waals surface area contributed by atoms with Crippen LogP contribution in [0.2, 0.25) is 0 Å². The van der Waals surface area contributed by atoms with E-state index in [4.69, 9.17) is 0 Å². The molecule has 0 spiro atoms. The van der Waals surface area contributed by atoms with E-state index in [0.717, 1.165) is 44.3 Å². The summed E-state index contributed by atoms with van der Waals surface area (Å²) in [5.74, 6) is 0. The number of hydrogen-bond acceptors (Lipinski definition) is 2. The van der Waals surface area contributed by atoms with Gasteiger partial charge in [-0.2, -0.15) is 0 Å². The maximum atomic E-state index is 4.33. The Labute approximate surface area is 200 Å². The molecule has 2 aromatic carbocycles. The van der Waals surface area contributed by atoms with E-state index in [1.54, 1.807) is 0 Å². The molecular formula is C31H38N2. The van der Waals surface area contributed by atoms with Crippen LogP contribution in [0.4, 0.5) is 0 Å². The van der Waals surface area contributed by atoms with Gasteiger partial charge >= 0.3 is 0 Å². The number of likely N-dealkylation sites (tertiary alicyclic amines) is 1. The molecule has 0 bridgehead atoms. The van der Waals surface area contributed by atoms with Crippen LogP contribution in [0.25, 0.3) is 5.57 Å². The predicted octanol–water partition coefficient (Wildman–Crippen LogP) is 7.07. The molecule has 1 unspecified atom stereocenters. The van der Waals surface area contributed by atoms with Crippen molar-refractivity contribution in [2.75, 3.05) is 13.1 Å². The smallest absolute Gasteiger partial charge is 0.0270 e. The Kier molecular flexibility index (Phi) is 8.38. The lowest BCUT2D eigenvalue weighted by Crippen LogP contribution is -2.30. The van der Waals surface area contributed by atoms with E-state index in [9.17, 15) is 0 Å². The van der Waals surface area contributed by atoms with Crippen LogP contribution in [-0.2, 0) is 13.0 Å². The first-order valence-electron chi connectivity index (χ1n) is 12.5. The summed E-state index contributed by atoms with van der Waals surface area (Å²) < 4.78 is 0. The molecule has 2 aliphatic rings. The molecule has 1 fully saturated rings. The van der Waals surface area contributed by atoms with Crippen LogP contribution < -0.4 is 5.32 Å². The second-order valence-corrected chi connectivity index (χ2v) is 9.45. The minimum Gasteiger partial charge on any atom is -0.386 e. The van der Waals surface area contributed by atoms with E-state index in [0.29, 0.717) is 6.04 Å². The van der Waals surface area contributed by atoms with Crippen LogP contribution in [0.15, 0.2) is 97.3 Å². The highest BCUT2D eigenvalue weighted by Crippen LogP contribution is 2.26. The molecule has 1 aliphatic heterocycles. The summed E-state index contributed by atoms with van der Waals surface area (Å²) in [4.78, 5) is 2.59. The SMILES string of the molecule is C=C(CCc1ccc(C(=C)C2=CCCC=C2)cc1)NC1CCCN(Cc2ccccc2)CC1. The van der Waals surface area contributed by atoms with Crippen molar-refractivity contribution < 1.29 is 0 Å². The summed E-state index contributed by atoms with van der Waals surface area (Å²) in [5, 5.41) is 3.74. The van der Waals surface area contributed by atoms with Crippen molar-refractivity contribution in [3.8, 4) is 0 Å². The first kappa shape index (κ1) is 23.3. The quantitative estimate of drug-likeness (QED) is 0.450. The highest BCUT2D eigenvalue weighted by atomic mass is 15.1. The largest absolute Gasteiger partial charge is 0.386 e. The van der Waals surface area contributed by atoms with Crippen LogP contribution in [0, 0.1) is 0 Å². The van der Waals surface area contributed by atoms with E-state index in [2.05, 4.69) is 96.2 Å². The summed E-state index contributed by atoms with van der Waals surface area (Å²) in [6, 6.07) is 20.3. The van der Waals surface area contributed by atoms with Crippen LogP contribution in [0.5, 0.6) is 0 Å². The Morgan fingerprint density at radius 1 is 0.909 bits per heavy atom. The molecule has 0 radical (unpaired) electrons. The normalized spacial score (nSPS) is 18.9. The fourth-order valence-corrected chi connectivity index (χ4v) is 4.83. The molecule has 2 heteroatoms. The van der Waals surface area contributed by atoms with Crippen LogP contribution in [-0.4, -0.2) is 24.0 Å². The van der Waals surface area contributed by atoms with E-state index in [-0.39, 0.29) is 0 Å². The zero-order valence-electron chi connectivity index (χ0n) is 19.9. The molecule has 0 saturated carbocycles. The Bertz CT molecular complexity index is 981. The first-order chi connectivity index (χ1) is 16.2. The fourth-order valence-electron chi connectivity index (χ4n) is 4.83. The van der Waals surface area contributed by atoms with E-state index >= 15 is 0 Å². The van der Waals surface area contributed by atoms with E-state index in [1.165, 1.54) is 53.8 Å². The standard InChI is InChI=1S/C31H38N2/c1-25(32-31-14-9-22-33(23-21-31)24-28-10-5-3-6-11-28)15-16-27-17-19-30(20-18-27)26(2)29-12-7-4-8-13-29/h3,5-7,10-13,17-20,31-32H,1-2,4,8-9,14-16,21-24H2. The van der Waals surface area contributed by atoms with E-state index < -0.39 is 0 Å². The molecule has 0 aromatic heterocycles. The number of rotatable bonds is 9. The minimum absolute atomic E-state index is 0.542. The summed E-state index contributed by atoms with van der Waals surface area (Å²) in [6.45, 7) is 12.0. The second-order valence-electron chi connectivity index (χ2n) is 9.45. The summed E-state index contributed by atoms with van der Waals surface area (Å²) in [7, 11) is 0. The molecule has 1 heterocycles. The van der Waals surface area contributed by atoms with Gasteiger partial charge in [-0.3, -0.25) is 4.90 Å². The lowest BCUT2D eigenvalue weighted by molar-refractivity contribution is 0.274. The average Bonchev–Trinajstić information content (AvgIpc) is 3.08. The van der Waals surface area contributed by atoms with Crippen molar-refractivity contribution in [2.45, 2.75) is 57.5 Å². The molecule has 1 saturated heterocycles. The van der Waals surface area contributed by atoms with Gasteiger partial charge in [0.05, 0.1) is 0 Å². The lowest BCUT2D eigenvalue weighted by atomic mass is 9.94. The Hall–Kier alpha value is -2.84. The maximum absolute atomic E-state index is 4.33. The van der Waals surface area contributed by atoms with Crippen molar-refractivity contribution in [3.63, 3.8) is 0 Å². The number of benzene rings is 2. The zero-order valence-corrected chi connectivity index (χ0v) is 19.9. The number of hydrogen-bond donors (Lipinski definition) is 1. The Morgan fingerprint density at radius 2 is 1.73 bits per heavy atom. The van der Waals surface area contributed by atoms with Crippen molar-refractivity contribution in [3.05, 3.63) is 114 Å². The second kappa shape index (κ2) is 11.9. The Balaban J connectivity index is 1.20. The molecule has 0 amide bonds. The van der Waals surface area contributed by atoms with Gasteiger partial charge in [0.15, 0.2) is 0 Å². The third-order valence-electron chi connectivity index (χ3n) is 6.84. The monoisotopic (exact) mass is 438 g/mol. The molecule has 4 rings (SSSR count). The van der Waals surface area contributed by atoms with Gasteiger partial charge in [-0.25, -0.2) is 0 Å². The number of nitrogens with one attached hydrogen (secondary N) is 1. The number of allylic oxidation sites excluding steroid dienone is 6. The van der Waals surface area contributed by atoms with Gasteiger partial charge in [0, 0.05) is 24.8 Å². The highest BCUT2D eigenvalue weighted by molar-refractivity contribution is 5.80. The molecule has 2 nitrogen and oxygen atoms in total. The molecule has 1 atom stereocenters. The first-order valence-corrected chi connectivity index (χ1v) is 12.5. The summed E-state index contributed by atoms with van der Waals surface area (Å²) in [6.07, 6.45) is 14.6. The third kappa shape index (κ3) is 7.07. The fraction of sp³-hybridized carbons (Fsp3) is 0.355. The van der Waals surface area contributed by atoms with Gasteiger partial charge in [0.1, 0.15) is 0 Å². The molecule has 1 aliphatic carbocycles. The topological polar surface area (TPSA) is 15.3 Å². The lowest BCUT2D eigenvalue weighted by Gasteiger charge is -2.21. The minimum atomic E-state index is 0.542. The van der Waals surface area contributed by atoms with Gasteiger partial charge in [-0.15, -0.1) is 0 Å². The molecule has 1 N–H and O–H groups in total. The summed E-state index contributed by atoms with van der Waals surface area (Å²) in [5.41, 5.74) is 7.54. The van der Waals surface area contributed by atoms with Gasteiger partial charge in [-0.1, -0.05) is 86.0 Å². The van der Waals surface area contributed by atoms with Gasteiger partial charge in [0.25, 0.3) is 0 Å². The average molecular weight is 439 g/mol. The van der Waals surface area contributed by atoms with Crippen molar-refractivity contribution in [1.29, 1.82) is 0 Å². The predicted molar refractivity (Wildman–Crippen MR) is 142 cm³/mol. The van der Waals surface area contributed by atoms with Crippen LogP contribution in [0.3, 0.4) is 0 Å². The zero-order chi connectivity index (χ0) is 22.9. The van der Waals surface area contributed by atoms with Crippen molar-refractivity contribution >= 4 is 5.57 Å². The number of nitrogens with zero attached hydrogens (tertiary/aromatic N) is 1. The van der Waals surface area contributed by atoms with Crippen LogP contribution >= 0.6 is 0 Å². The Morgan fingerprint density at radius 3 is 2.48 bits per heavy atom. The van der Waals surface area contributed by atoms with E-state index in [1.807, 2.05) is 0 Å².